The van der Waals surface area contributed by atoms with Gasteiger partial charge >= 0.3 is 0 Å². The third kappa shape index (κ3) is 9.74. The number of amides is 5. The van der Waals surface area contributed by atoms with Crippen molar-refractivity contribution in [2.24, 2.45) is 28.1 Å². The molecule has 12 heteroatoms. The fraction of sp³-hybridized carbons (Fsp3) is 0.850. The highest BCUT2D eigenvalue weighted by molar-refractivity contribution is 6.37. The Morgan fingerprint density at radius 1 is 0.692 bits per heavy atom. The number of carbonyl (C=O) groups excluding carboxylic acids is 6. The van der Waals surface area contributed by atoms with Crippen LogP contribution in [-0.4, -0.2) is 101 Å². The second-order valence-electron chi connectivity index (χ2n) is 19.1. The lowest BCUT2D eigenvalue weighted by Gasteiger charge is -2.44. The summed E-state index contributed by atoms with van der Waals surface area (Å²) in [4.78, 5) is 85.5. The molecule has 4 rings (SSSR count). The summed E-state index contributed by atoms with van der Waals surface area (Å²) in [6, 6.07) is -2.92. The van der Waals surface area contributed by atoms with Gasteiger partial charge in [0.1, 0.15) is 18.1 Å². The molecule has 0 aromatic carbocycles. The van der Waals surface area contributed by atoms with Crippen molar-refractivity contribution in [2.75, 3.05) is 19.6 Å². The maximum absolute atomic E-state index is 14.7. The highest BCUT2D eigenvalue weighted by atomic mass is 16.2. The van der Waals surface area contributed by atoms with Gasteiger partial charge in [-0.1, -0.05) is 68.2 Å². The molecule has 4 N–H and O–H groups in total. The van der Waals surface area contributed by atoms with Gasteiger partial charge < -0.3 is 26.2 Å². The SMILES string of the molecule is CC(C)N1CCCC[C@@H]1C(=O)N[C@H](C(=O)N[C@H](C(=O)N1C[C@@H](C(C)(C)C2CCC2)C[C@H]1C(=O)NCC(=O)C(=O)NC1CCC1)C(C)(C)C)C(C)(C)C. The number of rotatable bonds is 13. The van der Waals surface area contributed by atoms with Crippen LogP contribution >= 0.6 is 0 Å². The molecule has 2 heterocycles. The molecule has 12 nitrogen and oxygen atoms in total. The Kier molecular flexibility index (Phi) is 13.3. The fourth-order valence-corrected chi connectivity index (χ4v) is 8.34. The smallest absolute Gasteiger partial charge is 0.289 e. The van der Waals surface area contributed by atoms with Crippen LogP contribution in [0.15, 0.2) is 0 Å². The second-order valence-corrected chi connectivity index (χ2v) is 19.1. The predicted octanol–water partition coefficient (Wildman–Crippen LogP) is 3.71. The third-order valence-electron chi connectivity index (χ3n) is 12.5. The Bertz CT molecular complexity index is 1340. The minimum Gasteiger partial charge on any atom is -0.347 e. The number of likely N-dealkylation sites (tertiary alicyclic amines) is 2. The molecule has 2 saturated heterocycles. The molecule has 2 aliphatic carbocycles. The van der Waals surface area contributed by atoms with Gasteiger partial charge in [-0.25, -0.2) is 0 Å². The molecule has 5 atom stereocenters. The van der Waals surface area contributed by atoms with Crippen molar-refractivity contribution in [3.8, 4) is 0 Å². The molecule has 0 aromatic heterocycles. The Labute approximate surface area is 312 Å². The number of nitrogens with one attached hydrogen (secondary N) is 4. The van der Waals surface area contributed by atoms with Crippen LogP contribution in [0.1, 0.15) is 133 Å². The molecule has 4 fully saturated rings. The predicted molar refractivity (Wildman–Crippen MR) is 201 cm³/mol. The lowest BCUT2D eigenvalue weighted by molar-refractivity contribution is -0.145. The molecule has 52 heavy (non-hydrogen) atoms. The first-order chi connectivity index (χ1) is 24.1. The highest BCUT2D eigenvalue weighted by Crippen LogP contribution is 2.50. The number of hydrogen-bond acceptors (Lipinski definition) is 7. The summed E-state index contributed by atoms with van der Waals surface area (Å²) >= 11 is 0. The minimum absolute atomic E-state index is 0.00216. The summed E-state index contributed by atoms with van der Waals surface area (Å²) < 4.78 is 0. The molecule has 0 radical (unpaired) electrons. The molecule has 294 valence electrons. The van der Waals surface area contributed by atoms with Gasteiger partial charge in [0.15, 0.2) is 0 Å². The highest BCUT2D eigenvalue weighted by Gasteiger charge is 2.51. The minimum atomic E-state index is -1.00. The van der Waals surface area contributed by atoms with Gasteiger partial charge in [0, 0.05) is 18.6 Å². The molecule has 0 spiro atoms. The first kappa shape index (κ1) is 41.7. The number of piperidine rings is 1. The van der Waals surface area contributed by atoms with Crippen molar-refractivity contribution in [1.82, 2.24) is 31.1 Å². The largest absolute Gasteiger partial charge is 0.347 e. The fourth-order valence-electron chi connectivity index (χ4n) is 8.34. The molecule has 0 unspecified atom stereocenters. The summed E-state index contributed by atoms with van der Waals surface area (Å²) in [6.45, 7) is 20.6. The first-order valence-electron chi connectivity index (χ1n) is 19.9. The molecular weight excluding hydrogens is 660 g/mol. The Hall–Kier alpha value is -3.02. The number of hydrogen-bond donors (Lipinski definition) is 4. The zero-order chi connectivity index (χ0) is 38.8. The molecule has 0 bridgehead atoms. The zero-order valence-corrected chi connectivity index (χ0v) is 33.7. The van der Waals surface area contributed by atoms with Gasteiger partial charge in [0.25, 0.3) is 5.91 Å². The van der Waals surface area contributed by atoms with Gasteiger partial charge in [-0.3, -0.25) is 33.7 Å². The molecular formula is C40H68N6O6. The third-order valence-corrected chi connectivity index (χ3v) is 12.5. The standard InChI is InChI=1S/C40H68N6O6/c1-24(2)45-20-12-11-19-28(45)34(49)43-31(38(3,4)5)36(51)44-32(39(6,7)8)37(52)46-23-26(40(9,10)25-15-13-16-25)21-29(46)33(48)41-22-30(47)35(50)42-27-17-14-18-27/h24-29,31-32H,11-23H2,1-10H3,(H,41,48)(H,42,50)(H,43,49)(H,44,51)/t26-,28+,29-,31+,32+/m0/s1. The maximum Gasteiger partial charge on any atom is 0.289 e. The lowest BCUT2D eigenvalue weighted by atomic mass is 9.61. The van der Waals surface area contributed by atoms with Crippen LogP contribution in [0.4, 0.5) is 0 Å². The normalized spacial score (nSPS) is 24.7. The molecule has 0 aromatic rings. The van der Waals surface area contributed by atoms with E-state index in [2.05, 4.69) is 53.9 Å². The second kappa shape index (κ2) is 16.6. The van der Waals surface area contributed by atoms with Crippen molar-refractivity contribution in [3.63, 3.8) is 0 Å². The van der Waals surface area contributed by atoms with Gasteiger partial charge in [-0.05, 0) is 99.8 Å². The van der Waals surface area contributed by atoms with Crippen LogP contribution in [0.25, 0.3) is 0 Å². The van der Waals surface area contributed by atoms with E-state index in [0.717, 1.165) is 64.3 Å². The number of nitrogens with zero attached hydrogens (tertiary/aromatic N) is 2. The molecule has 2 aliphatic heterocycles. The van der Waals surface area contributed by atoms with E-state index >= 15 is 0 Å². The van der Waals surface area contributed by atoms with E-state index in [4.69, 9.17) is 0 Å². The Morgan fingerprint density at radius 2 is 1.31 bits per heavy atom. The van der Waals surface area contributed by atoms with Crippen LogP contribution in [0.3, 0.4) is 0 Å². The zero-order valence-electron chi connectivity index (χ0n) is 33.7. The number of Topliss-reactive ketones (excluding diaryl/α,β-unsaturated/α-hetero) is 1. The maximum atomic E-state index is 14.7. The van der Waals surface area contributed by atoms with Crippen molar-refractivity contribution >= 4 is 35.3 Å². The van der Waals surface area contributed by atoms with Crippen molar-refractivity contribution < 1.29 is 28.8 Å². The first-order valence-corrected chi connectivity index (χ1v) is 19.9. The lowest BCUT2D eigenvalue weighted by Crippen LogP contribution is -2.63. The average molecular weight is 729 g/mol. The van der Waals surface area contributed by atoms with Gasteiger partial charge in [-0.2, -0.15) is 0 Å². The number of ketones is 1. The molecule has 5 amide bonds. The summed E-state index contributed by atoms with van der Waals surface area (Å²) in [6.07, 6.45) is 9.19. The molecule has 2 saturated carbocycles. The van der Waals surface area contributed by atoms with Gasteiger partial charge in [-0.15, -0.1) is 0 Å². The summed E-state index contributed by atoms with van der Waals surface area (Å²) in [5.41, 5.74) is -1.53. The molecule has 4 aliphatic rings. The van der Waals surface area contributed by atoms with E-state index in [0.29, 0.717) is 18.9 Å². The van der Waals surface area contributed by atoms with Crippen LogP contribution in [0.2, 0.25) is 0 Å². The topological polar surface area (TPSA) is 157 Å². The van der Waals surface area contributed by atoms with Crippen molar-refractivity contribution in [2.45, 2.75) is 170 Å². The van der Waals surface area contributed by atoms with Crippen LogP contribution in [-0.2, 0) is 28.8 Å². The summed E-state index contributed by atoms with van der Waals surface area (Å²) in [5.74, 6) is -2.41. The monoisotopic (exact) mass is 729 g/mol. The van der Waals surface area contributed by atoms with Gasteiger partial charge in [0.05, 0.1) is 12.6 Å². The van der Waals surface area contributed by atoms with E-state index in [-0.39, 0.29) is 41.3 Å². The van der Waals surface area contributed by atoms with E-state index in [1.54, 1.807) is 4.90 Å². The van der Waals surface area contributed by atoms with Crippen LogP contribution in [0, 0.1) is 28.1 Å². The number of carbonyl (C=O) groups is 6. The van der Waals surface area contributed by atoms with Gasteiger partial charge in [0.2, 0.25) is 29.4 Å². The van der Waals surface area contributed by atoms with E-state index < -0.39 is 59.0 Å². The van der Waals surface area contributed by atoms with E-state index in [1.807, 2.05) is 41.5 Å². The summed E-state index contributed by atoms with van der Waals surface area (Å²) in [7, 11) is 0. The van der Waals surface area contributed by atoms with Crippen LogP contribution < -0.4 is 21.3 Å². The van der Waals surface area contributed by atoms with E-state index in [1.165, 1.54) is 0 Å². The Balaban J connectivity index is 1.54. The average Bonchev–Trinajstić information content (AvgIpc) is 3.47. The Morgan fingerprint density at radius 3 is 1.83 bits per heavy atom. The van der Waals surface area contributed by atoms with Crippen LogP contribution in [0.5, 0.6) is 0 Å². The van der Waals surface area contributed by atoms with Crippen molar-refractivity contribution in [1.29, 1.82) is 0 Å². The van der Waals surface area contributed by atoms with E-state index in [9.17, 15) is 28.8 Å². The van der Waals surface area contributed by atoms with Crippen molar-refractivity contribution in [3.05, 3.63) is 0 Å². The quantitative estimate of drug-likeness (QED) is 0.211. The summed E-state index contributed by atoms with van der Waals surface area (Å²) in [5, 5.41) is 11.5.